The van der Waals surface area contributed by atoms with Gasteiger partial charge in [-0.25, -0.2) is 9.18 Å². The Morgan fingerprint density at radius 2 is 1.79 bits per heavy atom. The van der Waals surface area contributed by atoms with E-state index in [4.69, 9.17) is 11.6 Å². The second-order valence-corrected chi connectivity index (χ2v) is 6.24. The number of hydrogen-bond donors (Lipinski definition) is 1. The molecule has 0 saturated carbocycles. The van der Waals surface area contributed by atoms with Crippen molar-refractivity contribution >= 4 is 23.3 Å². The molecule has 4 nitrogen and oxygen atoms in total. The highest BCUT2D eigenvalue weighted by molar-refractivity contribution is 6.30. The molecule has 0 aliphatic carbocycles. The van der Waals surface area contributed by atoms with Crippen molar-refractivity contribution in [1.82, 2.24) is 9.80 Å². The quantitative estimate of drug-likeness (QED) is 0.916. The van der Waals surface area contributed by atoms with Gasteiger partial charge in [-0.3, -0.25) is 4.90 Å². The van der Waals surface area contributed by atoms with Gasteiger partial charge < -0.3 is 10.2 Å². The number of urea groups is 1. The van der Waals surface area contributed by atoms with Gasteiger partial charge >= 0.3 is 6.03 Å². The minimum atomic E-state index is -0.529. The Hall–Kier alpha value is -2.11. The topological polar surface area (TPSA) is 35.6 Å². The van der Waals surface area contributed by atoms with Crippen molar-refractivity contribution < 1.29 is 9.18 Å². The first-order valence-electron chi connectivity index (χ1n) is 7.89. The SMILES string of the molecule is O=C(Nc1ccc(Cl)cc1F)N1CCN(Cc2ccccc2)CC1. The number of nitrogens with one attached hydrogen (secondary N) is 1. The summed E-state index contributed by atoms with van der Waals surface area (Å²) in [4.78, 5) is 16.3. The van der Waals surface area contributed by atoms with E-state index in [-0.39, 0.29) is 11.7 Å². The van der Waals surface area contributed by atoms with Gasteiger partial charge in [-0.1, -0.05) is 41.9 Å². The fourth-order valence-corrected chi connectivity index (χ4v) is 2.89. The maximum absolute atomic E-state index is 13.8. The molecule has 0 aromatic heterocycles. The number of carbonyl (C=O) groups excluding carboxylic acids is 1. The molecule has 0 bridgehead atoms. The Morgan fingerprint density at radius 1 is 1.08 bits per heavy atom. The third-order valence-corrected chi connectivity index (χ3v) is 4.32. The summed E-state index contributed by atoms with van der Waals surface area (Å²) in [5.41, 5.74) is 1.41. The van der Waals surface area contributed by atoms with E-state index in [1.165, 1.54) is 17.7 Å². The number of hydrogen-bond acceptors (Lipinski definition) is 2. The normalized spacial score (nSPS) is 15.3. The summed E-state index contributed by atoms with van der Waals surface area (Å²) >= 11 is 5.72. The number of piperazine rings is 1. The first-order valence-corrected chi connectivity index (χ1v) is 8.27. The summed E-state index contributed by atoms with van der Waals surface area (Å²) in [6, 6.07) is 14.2. The molecule has 1 saturated heterocycles. The molecule has 1 fully saturated rings. The van der Waals surface area contributed by atoms with E-state index in [1.807, 2.05) is 18.2 Å². The van der Waals surface area contributed by atoms with Gasteiger partial charge in [-0.05, 0) is 23.8 Å². The Bertz CT molecular complexity index is 703. The number of halogens is 2. The zero-order chi connectivity index (χ0) is 16.9. The summed E-state index contributed by atoms with van der Waals surface area (Å²) in [6.07, 6.45) is 0. The highest BCUT2D eigenvalue weighted by atomic mass is 35.5. The minimum Gasteiger partial charge on any atom is -0.322 e. The smallest absolute Gasteiger partial charge is 0.322 e. The molecule has 2 amide bonds. The standard InChI is InChI=1S/C18H19ClFN3O/c19-15-6-7-17(16(20)12-15)21-18(24)23-10-8-22(9-11-23)13-14-4-2-1-3-5-14/h1-7,12H,8-11,13H2,(H,21,24). The average Bonchev–Trinajstić information content (AvgIpc) is 2.59. The van der Waals surface area contributed by atoms with Crippen molar-refractivity contribution in [2.24, 2.45) is 0 Å². The Labute approximate surface area is 145 Å². The Balaban J connectivity index is 1.51. The van der Waals surface area contributed by atoms with Crippen LogP contribution >= 0.6 is 11.6 Å². The van der Waals surface area contributed by atoms with Crippen LogP contribution in [0.15, 0.2) is 48.5 Å². The third-order valence-electron chi connectivity index (χ3n) is 4.08. The first kappa shape index (κ1) is 16.7. The molecule has 2 aromatic rings. The second-order valence-electron chi connectivity index (χ2n) is 5.80. The lowest BCUT2D eigenvalue weighted by molar-refractivity contribution is 0.143. The van der Waals surface area contributed by atoms with Gasteiger partial charge in [-0.2, -0.15) is 0 Å². The molecule has 0 spiro atoms. The van der Waals surface area contributed by atoms with Crippen molar-refractivity contribution in [2.75, 3.05) is 31.5 Å². The van der Waals surface area contributed by atoms with Gasteiger partial charge in [0.2, 0.25) is 0 Å². The molecule has 24 heavy (non-hydrogen) atoms. The van der Waals surface area contributed by atoms with Gasteiger partial charge in [0.05, 0.1) is 5.69 Å². The zero-order valence-electron chi connectivity index (χ0n) is 13.2. The van der Waals surface area contributed by atoms with Crippen LogP contribution in [-0.2, 0) is 6.54 Å². The second kappa shape index (κ2) is 7.64. The highest BCUT2D eigenvalue weighted by Crippen LogP contribution is 2.19. The van der Waals surface area contributed by atoms with E-state index in [2.05, 4.69) is 22.3 Å². The molecule has 6 heteroatoms. The monoisotopic (exact) mass is 347 g/mol. The van der Waals surface area contributed by atoms with Crippen LogP contribution in [0.1, 0.15) is 5.56 Å². The van der Waals surface area contributed by atoms with Crippen molar-refractivity contribution in [3.05, 3.63) is 64.9 Å². The molecule has 1 aliphatic heterocycles. The van der Waals surface area contributed by atoms with Gasteiger partial charge in [0.15, 0.2) is 0 Å². The summed E-state index contributed by atoms with van der Waals surface area (Å²) in [7, 11) is 0. The number of rotatable bonds is 3. The maximum Gasteiger partial charge on any atom is 0.322 e. The lowest BCUT2D eigenvalue weighted by Gasteiger charge is -2.34. The zero-order valence-corrected chi connectivity index (χ0v) is 14.0. The Morgan fingerprint density at radius 3 is 2.46 bits per heavy atom. The molecule has 0 radical (unpaired) electrons. The molecule has 1 N–H and O–H groups in total. The molecule has 2 aromatic carbocycles. The van der Waals surface area contributed by atoms with Gasteiger partial charge in [0, 0.05) is 37.7 Å². The fraction of sp³-hybridized carbons (Fsp3) is 0.278. The van der Waals surface area contributed by atoms with Crippen LogP contribution in [0.3, 0.4) is 0 Å². The van der Waals surface area contributed by atoms with E-state index in [0.29, 0.717) is 18.1 Å². The van der Waals surface area contributed by atoms with Crippen molar-refractivity contribution in [3.8, 4) is 0 Å². The third kappa shape index (κ3) is 4.24. The minimum absolute atomic E-state index is 0.149. The molecule has 0 unspecified atom stereocenters. The summed E-state index contributed by atoms with van der Waals surface area (Å²) in [6.45, 7) is 3.71. The highest BCUT2D eigenvalue weighted by Gasteiger charge is 2.21. The van der Waals surface area contributed by atoms with Crippen LogP contribution in [0.5, 0.6) is 0 Å². The summed E-state index contributed by atoms with van der Waals surface area (Å²) < 4.78 is 13.8. The largest absolute Gasteiger partial charge is 0.322 e. The molecule has 1 aliphatic rings. The lowest BCUT2D eigenvalue weighted by atomic mass is 10.2. The molecular formula is C18H19ClFN3O. The average molecular weight is 348 g/mol. The fourth-order valence-electron chi connectivity index (χ4n) is 2.74. The lowest BCUT2D eigenvalue weighted by Crippen LogP contribution is -2.49. The molecular weight excluding hydrogens is 329 g/mol. The molecule has 126 valence electrons. The van der Waals surface area contributed by atoms with E-state index < -0.39 is 5.82 Å². The number of carbonyl (C=O) groups is 1. The number of amides is 2. The van der Waals surface area contributed by atoms with Crippen LogP contribution < -0.4 is 5.32 Å². The molecule has 3 rings (SSSR count). The van der Waals surface area contributed by atoms with Crippen molar-refractivity contribution in [3.63, 3.8) is 0 Å². The van der Waals surface area contributed by atoms with Crippen molar-refractivity contribution in [2.45, 2.75) is 6.54 Å². The number of anilines is 1. The van der Waals surface area contributed by atoms with Crippen LogP contribution in [0.25, 0.3) is 0 Å². The van der Waals surface area contributed by atoms with E-state index in [1.54, 1.807) is 11.0 Å². The van der Waals surface area contributed by atoms with Crippen molar-refractivity contribution in [1.29, 1.82) is 0 Å². The predicted molar refractivity (Wildman–Crippen MR) is 93.7 cm³/mol. The van der Waals surface area contributed by atoms with E-state index in [0.717, 1.165) is 19.6 Å². The first-order chi connectivity index (χ1) is 11.6. The Kier molecular flexibility index (Phi) is 5.33. The summed E-state index contributed by atoms with van der Waals surface area (Å²) in [5.74, 6) is -0.529. The molecule has 1 heterocycles. The molecule has 0 atom stereocenters. The predicted octanol–water partition coefficient (Wildman–Crippen LogP) is 3.83. The number of nitrogens with zero attached hydrogens (tertiary/aromatic N) is 2. The van der Waals surface area contributed by atoms with Gasteiger partial charge in [0.25, 0.3) is 0 Å². The van der Waals surface area contributed by atoms with Crippen LogP contribution in [-0.4, -0.2) is 42.0 Å². The van der Waals surface area contributed by atoms with E-state index in [9.17, 15) is 9.18 Å². The van der Waals surface area contributed by atoms with E-state index >= 15 is 0 Å². The van der Waals surface area contributed by atoms with Crippen LogP contribution in [0.2, 0.25) is 5.02 Å². The van der Waals surface area contributed by atoms with Gasteiger partial charge in [0.1, 0.15) is 5.82 Å². The van der Waals surface area contributed by atoms with Gasteiger partial charge in [-0.15, -0.1) is 0 Å². The number of benzene rings is 2. The van der Waals surface area contributed by atoms with Crippen LogP contribution in [0.4, 0.5) is 14.9 Å². The van der Waals surface area contributed by atoms with Crippen LogP contribution in [0, 0.1) is 5.82 Å². The summed E-state index contributed by atoms with van der Waals surface area (Å²) in [5, 5.41) is 2.91. The maximum atomic E-state index is 13.8.